The maximum absolute atomic E-state index is 4.60. The van der Waals surface area contributed by atoms with E-state index < -0.39 is 0 Å². The first-order valence-electron chi connectivity index (χ1n) is 8.02. The molecule has 0 bridgehead atoms. The van der Waals surface area contributed by atoms with E-state index in [1.165, 1.54) is 25.7 Å². The normalized spacial score (nSPS) is 12.2. The number of nitrogens with zero attached hydrogens (tertiary/aromatic N) is 2. The Morgan fingerprint density at radius 3 is 2.45 bits per heavy atom. The fourth-order valence-corrected chi connectivity index (χ4v) is 2.24. The summed E-state index contributed by atoms with van der Waals surface area (Å²) in [6.45, 7) is 7.67. The predicted octanol–water partition coefficient (Wildman–Crippen LogP) is 4.10. The number of hydrogen-bond acceptors (Lipinski definition) is 4. The summed E-state index contributed by atoms with van der Waals surface area (Å²) in [6.07, 6.45) is 7.10. The number of rotatable bonds is 10. The van der Waals surface area contributed by atoms with Gasteiger partial charge in [-0.2, -0.15) is 0 Å². The van der Waals surface area contributed by atoms with Crippen molar-refractivity contribution in [2.45, 2.75) is 59.3 Å². The van der Waals surface area contributed by atoms with Crippen molar-refractivity contribution in [3.05, 3.63) is 11.9 Å². The topological polar surface area (TPSA) is 49.8 Å². The highest BCUT2D eigenvalue weighted by molar-refractivity contribution is 5.47. The van der Waals surface area contributed by atoms with Crippen LogP contribution in [0.4, 0.5) is 11.6 Å². The zero-order valence-electron chi connectivity index (χ0n) is 13.5. The quantitative estimate of drug-likeness (QED) is 0.676. The fourth-order valence-electron chi connectivity index (χ4n) is 2.24. The third-order valence-electron chi connectivity index (χ3n) is 3.62. The molecule has 0 aliphatic carbocycles. The SMILES string of the molecule is CCCCC(CC)CNc1cc(NC)nc(CCC)n1. The van der Waals surface area contributed by atoms with Gasteiger partial charge < -0.3 is 10.6 Å². The molecule has 1 aromatic rings. The summed E-state index contributed by atoms with van der Waals surface area (Å²) in [4.78, 5) is 9.07. The average Bonchev–Trinajstić information content (AvgIpc) is 2.47. The van der Waals surface area contributed by atoms with Gasteiger partial charge in [-0.25, -0.2) is 9.97 Å². The van der Waals surface area contributed by atoms with Crippen molar-refractivity contribution < 1.29 is 0 Å². The Kier molecular flexibility index (Phi) is 8.00. The van der Waals surface area contributed by atoms with Crippen molar-refractivity contribution >= 4 is 11.6 Å². The van der Waals surface area contributed by atoms with Crippen molar-refractivity contribution in [2.24, 2.45) is 5.92 Å². The first-order valence-corrected chi connectivity index (χ1v) is 8.02. The van der Waals surface area contributed by atoms with Crippen LogP contribution in [0.3, 0.4) is 0 Å². The minimum Gasteiger partial charge on any atom is -0.373 e. The van der Waals surface area contributed by atoms with Gasteiger partial charge in [-0.05, 0) is 18.8 Å². The van der Waals surface area contributed by atoms with E-state index in [-0.39, 0.29) is 0 Å². The maximum atomic E-state index is 4.60. The smallest absolute Gasteiger partial charge is 0.133 e. The van der Waals surface area contributed by atoms with Crippen LogP contribution >= 0.6 is 0 Å². The van der Waals surface area contributed by atoms with E-state index >= 15 is 0 Å². The first-order chi connectivity index (χ1) is 9.73. The number of hydrogen-bond donors (Lipinski definition) is 2. The molecule has 114 valence electrons. The van der Waals surface area contributed by atoms with Crippen molar-refractivity contribution in [2.75, 3.05) is 24.2 Å². The van der Waals surface area contributed by atoms with E-state index in [2.05, 4.69) is 41.4 Å². The van der Waals surface area contributed by atoms with E-state index in [9.17, 15) is 0 Å². The van der Waals surface area contributed by atoms with Crippen LogP contribution in [0.15, 0.2) is 6.07 Å². The number of unbranched alkanes of at least 4 members (excludes halogenated alkanes) is 1. The molecule has 0 aromatic carbocycles. The van der Waals surface area contributed by atoms with Gasteiger partial charge in [0.1, 0.15) is 17.5 Å². The third-order valence-corrected chi connectivity index (χ3v) is 3.62. The number of anilines is 2. The second-order valence-electron chi connectivity index (χ2n) is 5.35. The lowest BCUT2D eigenvalue weighted by Crippen LogP contribution is -2.15. The summed E-state index contributed by atoms with van der Waals surface area (Å²) < 4.78 is 0. The van der Waals surface area contributed by atoms with E-state index in [1.54, 1.807) is 0 Å². The molecule has 4 nitrogen and oxygen atoms in total. The summed E-state index contributed by atoms with van der Waals surface area (Å²) in [5.41, 5.74) is 0. The Bertz CT molecular complexity index is 379. The summed E-state index contributed by atoms with van der Waals surface area (Å²) >= 11 is 0. The zero-order chi connectivity index (χ0) is 14.8. The molecule has 0 spiro atoms. The van der Waals surface area contributed by atoms with Crippen molar-refractivity contribution in [1.82, 2.24) is 9.97 Å². The molecular weight excluding hydrogens is 248 g/mol. The minimum atomic E-state index is 0.734. The Hall–Kier alpha value is -1.32. The fraction of sp³-hybridized carbons (Fsp3) is 0.750. The molecule has 1 atom stereocenters. The van der Waals surface area contributed by atoms with Crippen LogP contribution < -0.4 is 10.6 Å². The number of aromatic nitrogens is 2. The molecule has 1 rings (SSSR count). The Morgan fingerprint density at radius 1 is 1.10 bits per heavy atom. The lowest BCUT2D eigenvalue weighted by Gasteiger charge is -2.16. The van der Waals surface area contributed by atoms with Gasteiger partial charge >= 0.3 is 0 Å². The van der Waals surface area contributed by atoms with Crippen LogP contribution in [0.5, 0.6) is 0 Å². The van der Waals surface area contributed by atoms with Gasteiger partial charge in [-0.15, -0.1) is 0 Å². The van der Waals surface area contributed by atoms with Crippen molar-refractivity contribution in [3.63, 3.8) is 0 Å². The van der Waals surface area contributed by atoms with Crippen LogP contribution in [0.1, 0.15) is 58.7 Å². The molecular formula is C16H30N4. The highest BCUT2D eigenvalue weighted by Crippen LogP contribution is 2.16. The molecule has 1 heterocycles. The largest absolute Gasteiger partial charge is 0.373 e. The summed E-state index contributed by atoms with van der Waals surface area (Å²) in [7, 11) is 1.90. The molecule has 1 aromatic heterocycles. The minimum absolute atomic E-state index is 0.734. The van der Waals surface area contributed by atoms with E-state index in [4.69, 9.17) is 0 Å². The second-order valence-corrected chi connectivity index (χ2v) is 5.35. The molecule has 1 unspecified atom stereocenters. The molecule has 2 N–H and O–H groups in total. The van der Waals surface area contributed by atoms with Crippen LogP contribution in [-0.4, -0.2) is 23.6 Å². The number of aryl methyl sites for hydroxylation is 1. The Labute approximate surface area is 123 Å². The van der Waals surface area contributed by atoms with Crippen molar-refractivity contribution in [1.29, 1.82) is 0 Å². The lowest BCUT2D eigenvalue weighted by molar-refractivity contribution is 0.472. The van der Waals surface area contributed by atoms with Gasteiger partial charge in [-0.3, -0.25) is 0 Å². The van der Waals surface area contributed by atoms with Gasteiger partial charge in [0, 0.05) is 26.1 Å². The standard InChI is InChI=1S/C16H30N4/c1-5-8-10-13(7-3)12-18-16-11-15(17-4)19-14(20-16)9-6-2/h11,13H,5-10,12H2,1-4H3,(H2,17,18,19,20). The zero-order valence-corrected chi connectivity index (χ0v) is 13.5. The molecule has 0 fully saturated rings. The van der Waals surface area contributed by atoms with Crippen LogP contribution in [0.25, 0.3) is 0 Å². The summed E-state index contributed by atoms with van der Waals surface area (Å²) in [6, 6.07) is 1.99. The van der Waals surface area contributed by atoms with E-state index in [0.717, 1.165) is 42.8 Å². The van der Waals surface area contributed by atoms with Gasteiger partial charge in [0.05, 0.1) is 0 Å². The molecule has 0 saturated carbocycles. The lowest BCUT2D eigenvalue weighted by atomic mass is 9.99. The van der Waals surface area contributed by atoms with Crippen LogP contribution in [0.2, 0.25) is 0 Å². The van der Waals surface area contributed by atoms with E-state index in [1.807, 2.05) is 13.1 Å². The summed E-state index contributed by atoms with van der Waals surface area (Å²) in [5.74, 6) is 3.50. The van der Waals surface area contributed by atoms with E-state index in [0.29, 0.717) is 0 Å². The van der Waals surface area contributed by atoms with Crippen LogP contribution in [0, 0.1) is 5.92 Å². The maximum Gasteiger partial charge on any atom is 0.133 e. The number of nitrogens with one attached hydrogen (secondary N) is 2. The highest BCUT2D eigenvalue weighted by Gasteiger charge is 2.08. The van der Waals surface area contributed by atoms with Gasteiger partial charge in [0.15, 0.2) is 0 Å². The molecule has 0 aliphatic heterocycles. The molecule has 0 saturated heterocycles. The van der Waals surface area contributed by atoms with Crippen molar-refractivity contribution in [3.8, 4) is 0 Å². The Morgan fingerprint density at radius 2 is 1.85 bits per heavy atom. The molecule has 0 aliphatic rings. The highest BCUT2D eigenvalue weighted by atomic mass is 15.1. The monoisotopic (exact) mass is 278 g/mol. The Balaban J connectivity index is 2.63. The van der Waals surface area contributed by atoms with Gasteiger partial charge in [0.25, 0.3) is 0 Å². The first kappa shape index (κ1) is 16.7. The molecule has 0 radical (unpaired) electrons. The predicted molar refractivity (Wildman–Crippen MR) is 87.4 cm³/mol. The molecule has 20 heavy (non-hydrogen) atoms. The average molecular weight is 278 g/mol. The van der Waals surface area contributed by atoms with Crippen LogP contribution in [-0.2, 0) is 6.42 Å². The second kappa shape index (κ2) is 9.56. The third kappa shape index (κ3) is 5.76. The molecule has 0 amide bonds. The molecule has 4 heteroatoms. The van der Waals surface area contributed by atoms with Gasteiger partial charge in [-0.1, -0.05) is 40.0 Å². The summed E-state index contributed by atoms with van der Waals surface area (Å²) in [5, 5.41) is 6.60. The van der Waals surface area contributed by atoms with Gasteiger partial charge in [0.2, 0.25) is 0 Å².